The van der Waals surface area contributed by atoms with Crippen molar-refractivity contribution in [2.75, 3.05) is 0 Å². The molecule has 0 radical (unpaired) electrons. The number of nitriles is 1. The Morgan fingerprint density at radius 3 is 2.82 bits per heavy atom. The Morgan fingerprint density at radius 2 is 2.09 bits per heavy atom. The first-order chi connectivity index (χ1) is 10.6. The fourth-order valence-electron chi connectivity index (χ4n) is 3.08. The Hall–Kier alpha value is -2.66. The van der Waals surface area contributed by atoms with Crippen molar-refractivity contribution in [3.8, 4) is 17.3 Å². The van der Waals surface area contributed by atoms with Crippen molar-refractivity contribution < 1.29 is 0 Å². The first kappa shape index (κ1) is 14.3. The van der Waals surface area contributed by atoms with Crippen LogP contribution in [0.25, 0.3) is 17.3 Å². The summed E-state index contributed by atoms with van der Waals surface area (Å²) in [6.45, 7) is 8.36. The molecule has 1 aromatic heterocycles. The van der Waals surface area contributed by atoms with Crippen molar-refractivity contribution >= 4 is 6.08 Å². The lowest BCUT2D eigenvalue weighted by Gasteiger charge is -2.24. The molecule has 1 aliphatic rings. The van der Waals surface area contributed by atoms with Gasteiger partial charge >= 0.3 is 0 Å². The zero-order chi connectivity index (χ0) is 15.7. The lowest BCUT2D eigenvalue weighted by atomic mass is 9.80. The van der Waals surface area contributed by atoms with E-state index >= 15 is 0 Å². The summed E-state index contributed by atoms with van der Waals surface area (Å²) in [6, 6.07) is 12.2. The van der Waals surface area contributed by atoms with Gasteiger partial charge in [0, 0.05) is 17.2 Å². The molecule has 0 aliphatic heterocycles. The summed E-state index contributed by atoms with van der Waals surface area (Å²) in [5, 5.41) is 9.03. The number of fused-ring (bicyclic) bond motifs is 1. The number of pyridine rings is 1. The molecule has 2 nitrogen and oxygen atoms in total. The minimum Gasteiger partial charge on any atom is -0.256 e. The van der Waals surface area contributed by atoms with E-state index in [1.807, 2.05) is 12.1 Å². The average Bonchev–Trinajstić information content (AvgIpc) is 2.78. The van der Waals surface area contributed by atoms with Crippen molar-refractivity contribution in [2.24, 2.45) is 0 Å². The summed E-state index contributed by atoms with van der Waals surface area (Å²) in [5.41, 5.74) is 6.52. The first-order valence-corrected chi connectivity index (χ1v) is 7.39. The minimum atomic E-state index is 0.0456. The van der Waals surface area contributed by atoms with E-state index in [1.165, 1.54) is 16.7 Å². The van der Waals surface area contributed by atoms with E-state index in [9.17, 15) is 0 Å². The van der Waals surface area contributed by atoms with Gasteiger partial charge in [-0.15, -0.1) is 6.58 Å². The lowest BCUT2D eigenvalue weighted by Crippen LogP contribution is -2.16. The summed E-state index contributed by atoms with van der Waals surface area (Å²) >= 11 is 0. The van der Waals surface area contributed by atoms with E-state index in [1.54, 1.807) is 12.3 Å². The van der Waals surface area contributed by atoms with E-state index in [4.69, 9.17) is 5.26 Å². The summed E-state index contributed by atoms with van der Waals surface area (Å²) in [7, 11) is 0. The fourth-order valence-corrected chi connectivity index (χ4v) is 3.08. The van der Waals surface area contributed by atoms with Crippen LogP contribution in [0.2, 0.25) is 0 Å². The average molecular weight is 286 g/mol. The molecule has 22 heavy (non-hydrogen) atoms. The van der Waals surface area contributed by atoms with Crippen molar-refractivity contribution in [2.45, 2.75) is 25.7 Å². The van der Waals surface area contributed by atoms with E-state index in [0.29, 0.717) is 5.56 Å². The Bertz CT molecular complexity index is 820. The molecular weight excluding hydrogens is 268 g/mol. The van der Waals surface area contributed by atoms with E-state index < -0.39 is 0 Å². The molecule has 0 atom stereocenters. The van der Waals surface area contributed by atoms with Gasteiger partial charge in [0.1, 0.15) is 0 Å². The quantitative estimate of drug-likeness (QED) is 0.755. The van der Waals surface area contributed by atoms with Gasteiger partial charge in [0.15, 0.2) is 0 Å². The molecule has 0 amide bonds. The topological polar surface area (TPSA) is 36.7 Å². The Kier molecular flexibility index (Phi) is 3.42. The van der Waals surface area contributed by atoms with Gasteiger partial charge in [-0.3, -0.25) is 4.98 Å². The number of allylic oxidation sites excluding steroid dienone is 2. The van der Waals surface area contributed by atoms with Crippen molar-refractivity contribution in [3.05, 3.63) is 71.4 Å². The molecule has 0 unspecified atom stereocenters. The summed E-state index contributed by atoms with van der Waals surface area (Å²) < 4.78 is 0. The van der Waals surface area contributed by atoms with Gasteiger partial charge in [0.05, 0.1) is 17.3 Å². The van der Waals surface area contributed by atoms with Crippen LogP contribution in [0.1, 0.15) is 37.0 Å². The first-order valence-electron chi connectivity index (χ1n) is 7.39. The van der Waals surface area contributed by atoms with E-state index in [-0.39, 0.29) is 5.41 Å². The van der Waals surface area contributed by atoms with Crippen molar-refractivity contribution in [1.82, 2.24) is 4.98 Å². The second kappa shape index (κ2) is 5.27. The maximum atomic E-state index is 9.03. The summed E-state index contributed by atoms with van der Waals surface area (Å²) in [5.74, 6) is 0. The van der Waals surface area contributed by atoms with Crippen molar-refractivity contribution in [3.63, 3.8) is 0 Å². The SMILES string of the molecule is C=CCC1=Cc2cc(-c3cc(C#N)ccn3)ccc2C1(C)C. The molecule has 0 bridgehead atoms. The maximum absolute atomic E-state index is 9.03. The molecule has 0 saturated carbocycles. The third-order valence-electron chi connectivity index (χ3n) is 4.41. The summed E-state index contributed by atoms with van der Waals surface area (Å²) in [6.07, 6.45) is 6.80. The monoisotopic (exact) mass is 286 g/mol. The van der Waals surface area contributed by atoms with Crippen LogP contribution in [0.5, 0.6) is 0 Å². The second-order valence-corrected chi connectivity index (χ2v) is 6.13. The number of rotatable bonds is 3. The molecule has 0 fully saturated rings. The normalized spacial score (nSPS) is 14.9. The second-order valence-electron chi connectivity index (χ2n) is 6.13. The van der Waals surface area contributed by atoms with Crippen LogP contribution >= 0.6 is 0 Å². The smallest absolute Gasteiger partial charge is 0.0992 e. The van der Waals surface area contributed by atoms with Gasteiger partial charge in [-0.25, -0.2) is 0 Å². The van der Waals surface area contributed by atoms with E-state index in [2.05, 4.69) is 55.8 Å². The van der Waals surface area contributed by atoms with Gasteiger partial charge in [0.25, 0.3) is 0 Å². The number of aromatic nitrogens is 1. The fraction of sp³-hybridized carbons (Fsp3) is 0.200. The van der Waals surface area contributed by atoms with Crippen LogP contribution in [-0.2, 0) is 5.41 Å². The van der Waals surface area contributed by atoms with Gasteiger partial charge in [-0.2, -0.15) is 5.26 Å². The molecule has 2 aromatic rings. The molecule has 3 rings (SSSR count). The van der Waals surface area contributed by atoms with Crippen LogP contribution in [0.15, 0.2) is 54.8 Å². The van der Waals surface area contributed by atoms with Gasteiger partial charge in [0.2, 0.25) is 0 Å². The third-order valence-corrected chi connectivity index (χ3v) is 4.41. The predicted octanol–water partition coefficient (Wildman–Crippen LogP) is 4.87. The van der Waals surface area contributed by atoms with Crippen LogP contribution in [0.4, 0.5) is 0 Å². The Balaban J connectivity index is 2.08. The zero-order valence-corrected chi connectivity index (χ0v) is 12.9. The minimum absolute atomic E-state index is 0.0456. The van der Waals surface area contributed by atoms with Crippen LogP contribution in [0, 0.1) is 11.3 Å². The van der Waals surface area contributed by atoms with E-state index in [0.717, 1.165) is 17.7 Å². The van der Waals surface area contributed by atoms with Crippen LogP contribution in [-0.4, -0.2) is 4.98 Å². The lowest BCUT2D eigenvalue weighted by molar-refractivity contribution is 0.626. The highest BCUT2D eigenvalue weighted by atomic mass is 14.7. The number of hydrogen-bond donors (Lipinski definition) is 0. The highest BCUT2D eigenvalue weighted by Gasteiger charge is 2.31. The standard InChI is InChI=1S/C20H18N2/c1-4-5-17-12-16-11-15(6-7-18(16)20(17,2)3)19-10-14(13-21)8-9-22-19/h4,6-12H,1,5H2,2-3H3. The van der Waals surface area contributed by atoms with Gasteiger partial charge in [-0.1, -0.05) is 43.7 Å². The Morgan fingerprint density at radius 1 is 1.27 bits per heavy atom. The molecule has 0 spiro atoms. The molecule has 108 valence electrons. The van der Waals surface area contributed by atoms with Crippen LogP contribution in [0.3, 0.4) is 0 Å². The molecule has 0 N–H and O–H groups in total. The largest absolute Gasteiger partial charge is 0.256 e. The molecule has 1 aromatic carbocycles. The number of hydrogen-bond acceptors (Lipinski definition) is 2. The zero-order valence-electron chi connectivity index (χ0n) is 12.9. The molecule has 1 aliphatic carbocycles. The highest BCUT2D eigenvalue weighted by Crippen LogP contribution is 2.43. The van der Waals surface area contributed by atoms with Gasteiger partial charge in [-0.05, 0) is 35.7 Å². The van der Waals surface area contributed by atoms with Crippen LogP contribution < -0.4 is 0 Å². The van der Waals surface area contributed by atoms with Crippen molar-refractivity contribution in [1.29, 1.82) is 5.26 Å². The number of nitrogens with zero attached hydrogens (tertiary/aromatic N) is 2. The molecular formula is C20H18N2. The molecule has 0 saturated heterocycles. The molecule has 2 heteroatoms. The molecule has 1 heterocycles. The highest BCUT2D eigenvalue weighted by molar-refractivity contribution is 5.74. The van der Waals surface area contributed by atoms with Gasteiger partial charge < -0.3 is 0 Å². The third kappa shape index (κ3) is 2.25. The predicted molar refractivity (Wildman–Crippen MR) is 90.2 cm³/mol. The Labute approximate surface area is 131 Å². The summed E-state index contributed by atoms with van der Waals surface area (Å²) in [4.78, 5) is 4.39. The maximum Gasteiger partial charge on any atom is 0.0992 e. The number of benzene rings is 1.